The van der Waals surface area contributed by atoms with Gasteiger partial charge in [-0.25, -0.2) is 4.39 Å². The molecule has 94 valence electrons. The number of anilines is 1. The number of hydrogen-bond donors (Lipinski definition) is 0. The molecule has 0 amide bonds. The number of alkyl halides is 1. The van der Waals surface area contributed by atoms with E-state index in [9.17, 15) is 4.39 Å². The van der Waals surface area contributed by atoms with Crippen LogP contribution in [0.25, 0.3) is 0 Å². The Morgan fingerprint density at radius 3 is 2.76 bits per heavy atom. The summed E-state index contributed by atoms with van der Waals surface area (Å²) in [5.74, 6) is -0.0958. The highest BCUT2D eigenvalue weighted by Gasteiger charge is 2.30. The van der Waals surface area contributed by atoms with Crippen molar-refractivity contribution in [3.05, 3.63) is 29.6 Å². The van der Waals surface area contributed by atoms with Gasteiger partial charge in [0.05, 0.1) is 0 Å². The Morgan fingerprint density at radius 1 is 1.41 bits per heavy atom. The number of unbranched alkanes of at least 4 members (excludes halogenated alkanes) is 1. The third-order valence-corrected chi connectivity index (χ3v) is 3.84. The molecule has 1 aliphatic carbocycles. The summed E-state index contributed by atoms with van der Waals surface area (Å²) in [7, 11) is 0. The molecule has 0 aliphatic heterocycles. The van der Waals surface area contributed by atoms with Crippen molar-refractivity contribution in [1.82, 2.24) is 0 Å². The molecule has 1 fully saturated rings. The van der Waals surface area contributed by atoms with Crippen LogP contribution in [0.4, 0.5) is 10.1 Å². The fourth-order valence-corrected chi connectivity index (χ4v) is 2.72. The molecule has 0 radical (unpaired) electrons. The van der Waals surface area contributed by atoms with Crippen LogP contribution in [0.3, 0.4) is 0 Å². The van der Waals surface area contributed by atoms with E-state index in [1.807, 2.05) is 12.1 Å². The first-order valence-electron chi connectivity index (χ1n) is 6.38. The normalized spacial score (nSPS) is 15.0. The van der Waals surface area contributed by atoms with E-state index in [1.54, 1.807) is 6.07 Å². The summed E-state index contributed by atoms with van der Waals surface area (Å²) in [6, 6.07) is 6.05. The van der Waals surface area contributed by atoms with Gasteiger partial charge in [0.2, 0.25) is 0 Å². The zero-order valence-electron chi connectivity index (χ0n) is 10.3. The first-order chi connectivity index (χ1) is 8.27. The lowest BCUT2D eigenvalue weighted by atomic mass is 10.1. The minimum atomic E-state index is -0.0958. The lowest BCUT2D eigenvalue weighted by Crippen LogP contribution is -2.28. The van der Waals surface area contributed by atoms with E-state index in [2.05, 4.69) is 27.8 Å². The van der Waals surface area contributed by atoms with Crippen LogP contribution in [0.2, 0.25) is 0 Å². The summed E-state index contributed by atoms with van der Waals surface area (Å²) in [5, 5.41) is 0.588. The number of halogens is 2. The summed E-state index contributed by atoms with van der Waals surface area (Å²) in [4.78, 5) is 2.39. The van der Waals surface area contributed by atoms with E-state index in [0.717, 1.165) is 17.8 Å². The molecule has 0 unspecified atom stereocenters. The third-order valence-electron chi connectivity index (χ3n) is 3.28. The molecular formula is C14H19BrFN. The van der Waals surface area contributed by atoms with Crippen LogP contribution in [0.15, 0.2) is 18.2 Å². The van der Waals surface area contributed by atoms with E-state index in [-0.39, 0.29) is 5.82 Å². The van der Waals surface area contributed by atoms with Crippen molar-refractivity contribution in [2.24, 2.45) is 0 Å². The summed E-state index contributed by atoms with van der Waals surface area (Å²) < 4.78 is 13.8. The van der Waals surface area contributed by atoms with Gasteiger partial charge in [-0.15, -0.1) is 0 Å². The minimum absolute atomic E-state index is 0.0958. The van der Waals surface area contributed by atoms with Gasteiger partial charge in [0, 0.05) is 29.2 Å². The quantitative estimate of drug-likeness (QED) is 0.700. The van der Waals surface area contributed by atoms with E-state index in [4.69, 9.17) is 0 Å². The van der Waals surface area contributed by atoms with Crippen molar-refractivity contribution in [3.63, 3.8) is 0 Å². The van der Waals surface area contributed by atoms with Crippen LogP contribution in [-0.2, 0) is 5.33 Å². The largest absolute Gasteiger partial charge is 0.368 e. The van der Waals surface area contributed by atoms with E-state index in [0.29, 0.717) is 11.4 Å². The number of rotatable bonds is 6. The van der Waals surface area contributed by atoms with Crippen LogP contribution in [0.5, 0.6) is 0 Å². The Labute approximate surface area is 111 Å². The van der Waals surface area contributed by atoms with Crippen LogP contribution in [-0.4, -0.2) is 12.6 Å². The Balaban J connectivity index is 2.25. The second kappa shape index (κ2) is 5.85. The molecule has 0 N–H and O–H groups in total. The van der Waals surface area contributed by atoms with Crippen LogP contribution < -0.4 is 4.90 Å². The Hall–Kier alpha value is -0.570. The summed E-state index contributed by atoms with van der Waals surface area (Å²) in [6.07, 6.45) is 4.86. The van der Waals surface area contributed by atoms with Crippen molar-refractivity contribution in [1.29, 1.82) is 0 Å². The van der Waals surface area contributed by atoms with Gasteiger partial charge < -0.3 is 4.90 Å². The second-order valence-corrected chi connectivity index (χ2v) is 5.21. The third kappa shape index (κ3) is 3.01. The van der Waals surface area contributed by atoms with Gasteiger partial charge in [0.1, 0.15) is 5.82 Å². The zero-order valence-corrected chi connectivity index (χ0v) is 11.8. The molecule has 17 heavy (non-hydrogen) atoms. The van der Waals surface area contributed by atoms with Crippen molar-refractivity contribution in [3.8, 4) is 0 Å². The maximum absolute atomic E-state index is 13.8. The predicted molar refractivity (Wildman–Crippen MR) is 74.3 cm³/mol. The Morgan fingerprint density at radius 2 is 2.18 bits per heavy atom. The van der Waals surface area contributed by atoms with E-state index >= 15 is 0 Å². The highest BCUT2D eigenvalue weighted by molar-refractivity contribution is 9.08. The molecule has 2 rings (SSSR count). The summed E-state index contributed by atoms with van der Waals surface area (Å²) in [6.45, 7) is 3.24. The number of nitrogens with zero attached hydrogens (tertiary/aromatic N) is 1. The van der Waals surface area contributed by atoms with E-state index < -0.39 is 0 Å². The average Bonchev–Trinajstić information content (AvgIpc) is 3.14. The smallest absolute Gasteiger partial charge is 0.129 e. The highest BCUT2D eigenvalue weighted by atomic mass is 79.9. The fourth-order valence-electron chi connectivity index (χ4n) is 2.16. The highest BCUT2D eigenvalue weighted by Crippen LogP contribution is 2.35. The summed E-state index contributed by atoms with van der Waals surface area (Å²) in [5.41, 5.74) is 1.88. The molecule has 3 heteroatoms. The van der Waals surface area contributed by atoms with Crippen molar-refractivity contribution in [2.45, 2.75) is 44.0 Å². The predicted octanol–water partition coefficient (Wildman–Crippen LogP) is 4.49. The van der Waals surface area contributed by atoms with Gasteiger partial charge in [-0.3, -0.25) is 0 Å². The molecule has 0 heterocycles. The molecule has 0 aromatic heterocycles. The van der Waals surface area contributed by atoms with Gasteiger partial charge in [-0.2, -0.15) is 0 Å². The lowest BCUT2D eigenvalue weighted by molar-refractivity contribution is 0.614. The maximum Gasteiger partial charge on any atom is 0.129 e. The topological polar surface area (TPSA) is 3.24 Å². The molecule has 1 aliphatic rings. The molecule has 1 aromatic rings. The monoisotopic (exact) mass is 299 g/mol. The SMILES string of the molecule is CCCCN(c1cccc(F)c1CBr)C1CC1. The first kappa shape index (κ1) is 12.9. The number of benzene rings is 1. The van der Waals surface area contributed by atoms with Gasteiger partial charge in [0.15, 0.2) is 0 Å². The zero-order chi connectivity index (χ0) is 12.3. The molecule has 1 nitrogen and oxygen atoms in total. The molecule has 0 atom stereocenters. The van der Waals surface area contributed by atoms with Crippen LogP contribution in [0.1, 0.15) is 38.2 Å². The van der Waals surface area contributed by atoms with Gasteiger partial charge in [-0.1, -0.05) is 35.3 Å². The van der Waals surface area contributed by atoms with Crippen LogP contribution >= 0.6 is 15.9 Å². The second-order valence-electron chi connectivity index (χ2n) is 4.65. The average molecular weight is 300 g/mol. The molecule has 0 spiro atoms. The molecule has 0 saturated heterocycles. The lowest BCUT2D eigenvalue weighted by Gasteiger charge is -2.27. The van der Waals surface area contributed by atoms with Crippen molar-refractivity contribution >= 4 is 21.6 Å². The van der Waals surface area contributed by atoms with Gasteiger partial charge >= 0.3 is 0 Å². The fraction of sp³-hybridized carbons (Fsp3) is 0.571. The minimum Gasteiger partial charge on any atom is -0.368 e. The first-order valence-corrected chi connectivity index (χ1v) is 7.50. The number of hydrogen-bond acceptors (Lipinski definition) is 1. The van der Waals surface area contributed by atoms with Crippen molar-refractivity contribution < 1.29 is 4.39 Å². The standard InChI is InChI=1S/C14H19BrFN/c1-2-3-9-17(11-7-8-11)14-6-4-5-13(16)12(14)10-15/h4-6,11H,2-3,7-10H2,1H3. The molecular weight excluding hydrogens is 281 g/mol. The van der Waals surface area contributed by atoms with Crippen LogP contribution in [0, 0.1) is 5.82 Å². The molecule has 1 aromatic carbocycles. The maximum atomic E-state index is 13.8. The Bertz CT molecular complexity index is 376. The molecule has 0 bridgehead atoms. The van der Waals surface area contributed by atoms with Crippen molar-refractivity contribution in [2.75, 3.05) is 11.4 Å². The summed E-state index contributed by atoms with van der Waals surface area (Å²) >= 11 is 3.40. The Kier molecular flexibility index (Phi) is 4.43. The van der Waals surface area contributed by atoms with Gasteiger partial charge in [0.25, 0.3) is 0 Å². The van der Waals surface area contributed by atoms with E-state index in [1.165, 1.54) is 25.7 Å². The van der Waals surface area contributed by atoms with Gasteiger partial charge in [-0.05, 0) is 31.4 Å². The molecule has 1 saturated carbocycles.